The lowest BCUT2D eigenvalue weighted by Crippen LogP contribution is -2.36. The van der Waals surface area contributed by atoms with Gasteiger partial charge in [-0.15, -0.1) is 0 Å². The quantitative estimate of drug-likeness (QED) is 0.0484. The molecule has 408 valence electrons. The summed E-state index contributed by atoms with van der Waals surface area (Å²) in [6.45, 7) is 26.3. The summed E-state index contributed by atoms with van der Waals surface area (Å²) in [5, 5.41) is 0. The zero-order chi connectivity index (χ0) is 53.5. The van der Waals surface area contributed by atoms with E-state index in [1.54, 1.807) is 73.9 Å². The minimum Gasteiger partial charge on any atom is -0.421 e. The molecule has 0 aliphatic carbocycles. The first kappa shape index (κ1) is 71.4. The van der Waals surface area contributed by atoms with Gasteiger partial charge in [-0.05, 0) is 57.8 Å². The predicted molar refractivity (Wildman–Crippen MR) is 255 cm³/mol. The molecule has 0 heterocycles. The Kier molecular flexibility index (Phi) is 33.0. The molecule has 0 aromatic rings. The monoisotopic (exact) mass is 1140 g/mol. The number of rotatable bonds is 31. The first-order valence-electron chi connectivity index (χ1n) is 22.3. The van der Waals surface area contributed by atoms with Crippen molar-refractivity contribution in [3.05, 3.63) is 8.25 Å². The number of halogens is 12. The Morgan fingerprint density at radius 3 is 0.537 bits per heavy atom. The summed E-state index contributed by atoms with van der Waals surface area (Å²) in [4.78, 5) is 3.07. The Morgan fingerprint density at radius 2 is 0.433 bits per heavy atom. The Balaban J connectivity index is -0.00000111. The van der Waals surface area contributed by atoms with Crippen LogP contribution in [0.25, 0.3) is 8.25 Å². The smallest absolute Gasteiger partial charge is 0.421 e. The molecule has 0 bridgehead atoms. The van der Waals surface area contributed by atoms with E-state index in [4.69, 9.17) is 0 Å². The molecular formula is C37H75F12N3O8P3S4+. The summed E-state index contributed by atoms with van der Waals surface area (Å²) in [5.41, 5.74) is -24.8. The second-order valence-electron chi connectivity index (χ2n) is 16.4. The van der Waals surface area contributed by atoms with Crippen molar-refractivity contribution in [3.63, 3.8) is 0 Å². The third kappa shape index (κ3) is 26.1. The molecule has 0 atom stereocenters. The summed E-state index contributed by atoms with van der Waals surface area (Å²) in [7, 11) is -29.2. The van der Waals surface area contributed by atoms with Gasteiger partial charge in [-0.3, -0.25) is 4.90 Å². The van der Waals surface area contributed by atoms with Crippen LogP contribution < -0.4 is 0 Å². The largest absolute Gasteiger partial charge is 0.480 e. The normalized spacial score (nSPS) is 14.1. The van der Waals surface area contributed by atoms with Gasteiger partial charge >= 0.3 is 22.0 Å². The molecular weight excluding hydrogens is 1060 g/mol. The van der Waals surface area contributed by atoms with Crippen LogP contribution in [0.1, 0.15) is 120 Å². The molecule has 0 aromatic heterocycles. The lowest BCUT2D eigenvalue weighted by molar-refractivity contribution is -0.0456. The molecule has 0 N–H and O–H groups in total. The highest BCUT2D eigenvalue weighted by Gasteiger charge is 2.48. The average molecular weight is 1140 g/mol. The van der Waals surface area contributed by atoms with Gasteiger partial charge in [-0.25, -0.2) is 33.7 Å². The fourth-order valence-electron chi connectivity index (χ4n) is 8.11. The van der Waals surface area contributed by atoms with Crippen molar-refractivity contribution in [2.24, 2.45) is 0 Å². The highest BCUT2D eigenvalue weighted by Crippen LogP contribution is 2.62. The van der Waals surface area contributed by atoms with Gasteiger partial charge in [0.05, 0.1) is 73.9 Å². The van der Waals surface area contributed by atoms with Crippen molar-refractivity contribution in [3.8, 4) is 0 Å². The molecule has 30 heteroatoms. The molecule has 0 amide bonds. The van der Waals surface area contributed by atoms with Gasteiger partial charge in [0.25, 0.3) is 0 Å². The molecule has 11 nitrogen and oxygen atoms in total. The van der Waals surface area contributed by atoms with Crippen LogP contribution in [-0.4, -0.2) is 154 Å². The summed E-state index contributed by atoms with van der Waals surface area (Å²) < 4.78 is 218. The number of alkyl halides is 12. The minimum atomic E-state index is -6.72. The van der Waals surface area contributed by atoms with Crippen LogP contribution in [0.5, 0.6) is 0 Å². The molecule has 0 radical (unpaired) electrons. The molecule has 0 rings (SSSR count). The van der Waals surface area contributed by atoms with Gasteiger partial charge in [-0.1, -0.05) is 62.3 Å². The minimum absolute atomic E-state index is 0.778. The summed E-state index contributed by atoms with van der Waals surface area (Å²) in [6.07, 6.45) is 31.3. The van der Waals surface area contributed by atoms with E-state index < -0.39 is 83.9 Å². The average Bonchev–Trinajstić information content (AvgIpc) is 3.13. The first-order valence-corrected chi connectivity index (χ1v) is 35.6. The van der Waals surface area contributed by atoms with Crippen LogP contribution in [0.2, 0.25) is 0 Å². The van der Waals surface area contributed by atoms with Crippen LogP contribution in [0.15, 0.2) is 0 Å². The molecule has 0 aliphatic rings. The second-order valence-corrected chi connectivity index (χ2v) is 36.6. The van der Waals surface area contributed by atoms with Crippen molar-refractivity contribution in [2.45, 2.75) is 142 Å². The molecule has 67 heavy (non-hydrogen) atoms. The molecule has 0 aliphatic heterocycles. The highest BCUT2D eigenvalue weighted by atomic mass is 32.3. The van der Waals surface area contributed by atoms with Crippen LogP contribution >= 0.6 is 21.8 Å². The van der Waals surface area contributed by atoms with Crippen LogP contribution in [-0.2, 0) is 40.1 Å². The van der Waals surface area contributed by atoms with Crippen molar-refractivity contribution in [1.82, 2.24) is 4.90 Å². The lowest BCUT2D eigenvalue weighted by atomic mass is 10.5. The van der Waals surface area contributed by atoms with Crippen LogP contribution in [0.4, 0.5) is 52.7 Å². The maximum Gasteiger partial charge on any atom is 0.480 e. The number of nitrogens with zero attached hydrogens (tertiary/aromatic N) is 3. The van der Waals surface area contributed by atoms with Gasteiger partial charge < -0.3 is 8.25 Å². The summed E-state index contributed by atoms with van der Waals surface area (Å²) >= 11 is 0. The van der Waals surface area contributed by atoms with Gasteiger partial charge in [0.15, 0.2) is 40.1 Å². The zero-order valence-corrected chi connectivity index (χ0v) is 46.0. The van der Waals surface area contributed by atoms with Gasteiger partial charge in [0, 0.05) is 41.4 Å². The van der Waals surface area contributed by atoms with E-state index in [0.29, 0.717) is 0 Å². The molecule has 0 unspecified atom stereocenters. The van der Waals surface area contributed by atoms with E-state index >= 15 is 0 Å². The summed E-state index contributed by atoms with van der Waals surface area (Å²) in [5.74, 6) is 0. The Morgan fingerprint density at radius 1 is 0.299 bits per heavy atom. The zero-order valence-electron chi connectivity index (χ0n) is 40.1. The molecule has 0 spiro atoms. The molecule has 0 aromatic carbocycles. The SMILES string of the molecule is CCC[P+](CCC)(CCC)CCN(CC[P+](CCC)(CCC)CCC)CC[P+](CCC)(CCC)CCC.O=S(=O)([N-]S(=O)(=O)C(F)(F)F)C(F)(F)F.O=S(=O)([N-]S(=O)(=O)C(F)(F)F)C(F)(F)F. The van der Waals surface area contributed by atoms with E-state index in [-0.39, 0.29) is 0 Å². The fourth-order valence-corrected chi connectivity index (χ4v) is 26.2. The third-order valence-corrected chi connectivity index (χ3v) is 32.0. The molecule has 0 fully saturated rings. The second kappa shape index (κ2) is 31.0. The van der Waals surface area contributed by atoms with Crippen molar-refractivity contribution in [2.75, 3.05) is 93.6 Å². The molecule has 0 saturated carbocycles. The Labute approximate surface area is 395 Å². The molecule has 0 saturated heterocycles. The maximum absolute atomic E-state index is 11.4. The van der Waals surface area contributed by atoms with Crippen molar-refractivity contribution >= 4 is 61.9 Å². The van der Waals surface area contributed by atoms with E-state index in [1.807, 2.05) is 0 Å². The maximum atomic E-state index is 11.4. The van der Waals surface area contributed by atoms with E-state index in [9.17, 15) is 86.4 Å². The van der Waals surface area contributed by atoms with Crippen LogP contribution in [0, 0.1) is 0 Å². The summed E-state index contributed by atoms with van der Waals surface area (Å²) in [6, 6.07) is 0. The number of sulfonamides is 4. The number of hydrogen-bond acceptors (Lipinski definition) is 9. The standard InChI is InChI=1S/C33H75NP3.2C2F6NO4S2/c1-10-22-35(23-11-2,24-12-3)31-19-34(20-32-36(25-13-4,26-14-5)27-15-6)21-33-37(28-16-7,29-17-8)30-18-9;2*3-1(4,5)14(10,11)9-15(12,13)2(6,7)8/h10-33H2,1-9H3;;/q+3;2*-1. The van der Waals surface area contributed by atoms with Crippen molar-refractivity contribution < 1.29 is 86.4 Å². The highest BCUT2D eigenvalue weighted by molar-refractivity contribution is 8.13. The number of hydrogen-bond donors (Lipinski definition) is 0. The van der Waals surface area contributed by atoms with E-state index in [2.05, 4.69) is 67.2 Å². The Hall–Kier alpha value is 0.130. The third-order valence-electron chi connectivity index (χ3n) is 10.5. The lowest BCUT2D eigenvalue weighted by Gasteiger charge is -2.34. The fraction of sp³-hybridized carbons (Fsp3) is 1.00. The first-order chi connectivity index (χ1) is 30.2. The topological polar surface area (TPSA) is 168 Å². The van der Waals surface area contributed by atoms with Crippen molar-refractivity contribution in [1.29, 1.82) is 0 Å². The van der Waals surface area contributed by atoms with E-state index in [0.717, 1.165) is 8.25 Å². The van der Waals surface area contributed by atoms with Gasteiger partial charge in [0.2, 0.25) is 0 Å². The predicted octanol–water partition coefficient (Wildman–Crippen LogP) is 13.1. The van der Waals surface area contributed by atoms with Gasteiger partial charge in [-0.2, -0.15) is 52.7 Å². The van der Waals surface area contributed by atoms with Crippen LogP contribution in [0.3, 0.4) is 0 Å². The van der Waals surface area contributed by atoms with Gasteiger partial charge in [0.1, 0.15) is 0 Å². The van der Waals surface area contributed by atoms with E-state index in [1.165, 1.54) is 77.4 Å². The Bertz CT molecular complexity index is 1530.